The molecule has 8 nitrogen and oxygen atoms in total. The lowest BCUT2D eigenvalue weighted by molar-refractivity contribution is 0.0763. The van der Waals surface area contributed by atoms with E-state index in [-0.39, 0.29) is 12.5 Å². The molecule has 4 rings (SSSR count). The van der Waals surface area contributed by atoms with Gasteiger partial charge in [0.1, 0.15) is 12.2 Å². The molecular formula is C18H19N5O3S. The summed E-state index contributed by atoms with van der Waals surface area (Å²) in [6.07, 6.45) is 1.66. The lowest BCUT2D eigenvalue weighted by Gasteiger charge is -2.29. The maximum Gasteiger partial charge on any atom is 0.272 e. The first-order valence-corrected chi connectivity index (χ1v) is 9.49. The van der Waals surface area contributed by atoms with Crippen LogP contribution in [0.25, 0.3) is 10.7 Å². The van der Waals surface area contributed by atoms with Gasteiger partial charge in [0, 0.05) is 32.0 Å². The van der Waals surface area contributed by atoms with E-state index in [1.54, 1.807) is 13.2 Å². The summed E-state index contributed by atoms with van der Waals surface area (Å²) in [5.41, 5.74) is 1.36. The second-order valence-electron chi connectivity index (χ2n) is 6.15. The van der Waals surface area contributed by atoms with Crippen molar-refractivity contribution in [3.05, 3.63) is 47.4 Å². The van der Waals surface area contributed by atoms with Crippen LogP contribution in [0.15, 0.2) is 40.4 Å². The Bertz CT molecular complexity index is 905. The molecule has 3 aromatic heterocycles. The standard InChI is InChI=1S/C18H19N5O3S/c1-22(12-16-20-17(21-26-16)15-3-2-10-27-15)18(24)14-11-13(4-5-19-14)23-6-8-25-9-7-23/h2-5,10-11H,6-9,12H2,1H3. The monoisotopic (exact) mass is 385 g/mol. The van der Waals surface area contributed by atoms with Crippen molar-refractivity contribution in [2.75, 3.05) is 38.3 Å². The zero-order chi connectivity index (χ0) is 18.6. The summed E-state index contributed by atoms with van der Waals surface area (Å²) in [5.74, 6) is 0.729. The van der Waals surface area contributed by atoms with Gasteiger partial charge in [-0.05, 0) is 23.6 Å². The first-order valence-electron chi connectivity index (χ1n) is 8.61. The average molecular weight is 385 g/mol. The van der Waals surface area contributed by atoms with E-state index in [0.717, 1.165) is 23.7 Å². The van der Waals surface area contributed by atoms with Crippen LogP contribution in [0, 0.1) is 0 Å². The molecule has 0 spiro atoms. The molecule has 0 bridgehead atoms. The number of amides is 1. The van der Waals surface area contributed by atoms with E-state index in [2.05, 4.69) is 20.0 Å². The maximum absolute atomic E-state index is 12.8. The molecule has 1 amide bonds. The summed E-state index contributed by atoms with van der Waals surface area (Å²) in [6, 6.07) is 7.58. The van der Waals surface area contributed by atoms with Crippen LogP contribution in [0.2, 0.25) is 0 Å². The average Bonchev–Trinajstić information content (AvgIpc) is 3.40. The number of aromatic nitrogens is 3. The molecule has 1 aliphatic heterocycles. The summed E-state index contributed by atoms with van der Waals surface area (Å²) < 4.78 is 10.7. The van der Waals surface area contributed by atoms with Crippen molar-refractivity contribution >= 4 is 22.9 Å². The van der Waals surface area contributed by atoms with Crippen LogP contribution in [0.1, 0.15) is 16.4 Å². The Morgan fingerprint density at radius 2 is 2.19 bits per heavy atom. The Balaban J connectivity index is 1.44. The Hall–Kier alpha value is -2.78. The summed E-state index contributed by atoms with van der Waals surface area (Å²) >= 11 is 1.54. The third-order valence-corrected chi connectivity index (χ3v) is 5.13. The van der Waals surface area contributed by atoms with Crippen molar-refractivity contribution in [1.29, 1.82) is 0 Å². The number of carbonyl (C=O) groups excluding carboxylic acids is 1. The molecule has 4 heterocycles. The maximum atomic E-state index is 12.8. The lowest BCUT2D eigenvalue weighted by atomic mass is 10.2. The Morgan fingerprint density at radius 3 is 2.96 bits per heavy atom. The van der Waals surface area contributed by atoms with Crippen LogP contribution >= 0.6 is 11.3 Å². The normalized spacial score (nSPS) is 14.3. The van der Waals surface area contributed by atoms with Crippen LogP contribution in [-0.4, -0.2) is 59.3 Å². The summed E-state index contributed by atoms with van der Waals surface area (Å²) in [4.78, 5) is 26.0. The van der Waals surface area contributed by atoms with E-state index in [1.165, 1.54) is 16.2 Å². The fraction of sp³-hybridized carbons (Fsp3) is 0.333. The number of nitrogens with zero attached hydrogens (tertiary/aromatic N) is 5. The quantitative estimate of drug-likeness (QED) is 0.666. The van der Waals surface area contributed by atoms with E-state index in [4.69, 9.17) is 9.26 Å². The number of hydrogen-bond acceptors (Lipinski definition) is 8. The highest BCUT2D eigenvalue weighted by Crippen LogP contribution is 2.22. The molecule has 27 heavy (non-hydrogen) atoms. The zero-order valence-electron chi connectivity index (χ0n) is 14.9. The number of anilines is 1. The predicted molar refractivity (Wildman–Crippen MR) is 101 cm³/mol. The zero-order valence-corrected chi connectivity index (χ0v) is 15.7. The fourth-order valence-corrected chi connectivity index (χ4v) is 3.50. The minimum absolute atomic E-state index is 0.194. The van der Waals surface area contributed by atoms with Crippen molar-refractivity contribution in [2.24, 2.45) is 0 Å². The summed E-state index contributed by atoms with van der Waals surface area (Å²) in [5, 5.41) is 5.92. The van der Waals surface area contributed by atoms with Gasteiger partial charge >= 0.3 is 0 Å². The van der Waals surface area contributed by atoms with Gasteiger partial charge in [0.2, 0.25) is 11.7 Å². The number of pyridine rings is 1. The third kappa shape index (κ3) is 3.99. The first kappa shape index (κ1) is 17.6. The molecule has 0 aliphatic carbocycles. The van der Waals surface area contributed by atoms with Crippen LogP contribution in [0.3, 0.4) is 0 Å². The molecule has 0 saturated carbocycles. The SMILES string of the molecule is CN(Cc1nc(-c2cccs2)no1)C(=O)c1cc(N2CCOCC2)ccn1. The van der Waals surface area contributed by atoms with Crippen LogP contribution in [0.5, 0.6) is 0 Å². The molecule has 1 aliphatic rings. The van der Waals surface area contributed by atoms with Gasteiger partial charge < -0.3 is 19.1 Å². The number of morpholine rings is 1. The largest absolute Gasteiger partial charge is 0.378 e. The Kier molecular flexibility index (Phi) is 5.12. The van der Waals surface area contributed by atoms with E-state index >= 15 is 0 Å². The van der Waals surface area contributed by atoms with Crippen molar-refractivity contribution in [3.63, 3.8) is 0 Å². The van der Waals surface area contributed by atoms with Gasteiger partial charge in [-0.1, -0.05) is 11.2 Å². The van der Waals surface area contributed by atoms with Gasteiger partial charge in [0.25, 0.3) is 5.91 Å². The number of ether oxygens (including phenoxy) is 1. The minimum Gasteiger partial charge on any atom is -0.378 e. The van der Waals surface area contributed by atoms with Gasteiger partial charge in [0.15, 0.2) is 0 Å². The van der Waals surface area contributed by atoms with Crippen molar-refractivity contribution in [1.82, 2.24) is 20.0 Å². The summed E-state index contributed by atoms with van der Waals surface area (Å²) in [6.45, 7) is 3.22. The second-order valence-corrected chi connectivity index (χ2v) is 7.10. The Morgan fingerprint density at radius 1 is 1.33 bits per heavy atom. The van der Waals surface area contributed by atoms with Crippen LogP contribution in [-0.2, 0) is 11.3 Å². The van der Waals surface area contributed by atoms with Crippen LogP contribution < -0.4 is 4.90 Å². The minimum atomic E-state index is -0.194. The number of thiophene rings is 1. The second kappa shape index (κ2) is 7.85. The molecule has 140 valence electrons. The molecular weight excluding hydrogens is 366 g/mol. The molecule has 0 N–H and O–H groups in total. The highest BCUT2D eigenvalue weighted by molar-refractivity contribution is 7.13. The third-order valence-electron chi connectivity index (χ3n) is 4.27. The molecule has 1 fully saturated rings. The summed E-state index contributed by atoms with van der Waals surface area (Å²) in [7, 11) is 1.69. The van der Waals surface area contributed by atoms with Gasteiger partial charge in [0.05, 0.1) is 18.1 Å². The number of hydrogen-bond donors (Lipinski definition) is 0. The van der Waals surface area contributed by atoms with Crippen molar-refractivity contribution in [3.8, 4) is 10.7 Å². The molecule has 1 saturated heterocycles. The van der Waals surface area contributed by atoms with Crippen molar-refractivity contribution in [2.45, 2.75) is 6.54 Å². The van der Waals surface area contributed by atoms with E-state index in [9.17, 15) is 4.79 Å². The van der Waals surface area contributed by atoms with Crippen molar-refractivity contribution < 1.29 is 14.1 Å². The first-order chi connectivity index (χ1) is 13.2. The van der Waals surface area contributed by atoms with Gasteiger partial charge in [-0.2, -0.15) is 4.98 Å². The molecule has 0 unspecified atom stereocenters. The Labute approximate surface area is 160 Å². The highest BCUT2D eigenvalue weighted by Gasteiger charge is 2.19. The van der Waals surface area contributed by atoms with Gasteiger partial charge in [-0.15, -0.1) is 11.3 Å². The topological polar surface area (TPSA) is 84.6 Å². The number of rotatable bonds is 5. The predicted octanol–water partition coefficient (Wildman–Crippen LogP) is 2.30. The molecule has 0 aromatic carbocycles. The molecule has 9 heteroatoms. The lowest BCUT2D eigenvalue weighted by Crippen LogP contribution is -2.36. The number of carbonyl (C=O) groups is 1. The highest BCUT2D eigenvalue weighted by atomic mass is 32.1. The smallest absolute Gasteiger partial charge is 0.272 e. The molecule has 0 atom stereocenters. The van der Waals surface area contributed by atoms with E-state index in [0.29, 0.717) is 30.6 Å². The fourth-order valence-electron chi connectivity index (χ4n) is 2.85. The van der Waals surface area contributed by atoms with E-state index < -0.39 is 0 Å². The van der Waals surface area contributed by atoms with E-state index in [1.807, 2.05) is 29.6 Å². The molecule has 3 aromatic rings. The molecule has 0 radical (unpaired) electrons. The van der Waals surface area contributed by atoms with Crippen LogP contribution in [0.4, 0.5) is 5.69 Å². The van der Waals surface area contributed by atoms with Gasteiger partial charge in [-0.3, -0.25) is 9.78 Å². The van der Waals surface area contributed by atoms with Gasteiger partial charge in [-0.25, -0.2) is 0 Å².